The molecule has 0 spiro atoms. The van der Waals surface area contributed by atoms with Gasteiger partial charge in [0, 0.05) is 30.6 Å². The molecule has 30 heavy (non-hydrogen) atoms. The highest BCUT2D eigenvalue weighted by atomic mass is 35.5. The van der Waals surface area contributed by atoms with Crippen LogP contribution in [0.25, 0.3) is 10.9 Å². The predicted molar refractivity (Wildman–Crippen MR) is 106 cm³/mol. The van der Waals surface area contributed by atoms with Crippen LogP contribution in [0.1, 0.15) is 6.42 Å². The van der Waals surface area contributed by atoms with Gasteiger partial charge in [0.05, 0.1) is 17.4 Å². The Morgan fingerprint density at radius 2 is 2.13 bits per heavy atom. The Morgan fingerprint density at radius 3 is 2.87 bits per heavy atom. The molecule has 5 rings (SSSR count). The molecule has 4 heterocycles. The summed E-state index contributed by atoms with van der Waals surface area (Å²) in [4.78, 5) is 15.2. The summed E-state index contributed by atoms with van der Waals surface area (Å²) in [6.07, 6.45) is 4.06. The van der Waals surface area contributed by atoms with Gasteiger partial charge in [-0.1, -0.05) is 11.6 Å². The Morgan fingerprint density at radius 1 is 1.27 bits per heavy atom. The van der Waals surface area contributed by atoms with E-state index in [1.54, 1.807) is 6.20 Å². The molecule has 7 nitrogen and oxygen atoms in total. The second-order valence-electron chi connectivity index (χ2n) is 7.17. The molecule has 156 valence electrons. The van der Waals surface area contributed by atoms with Crippen LogP contribution in [0.4, 0.5) is 30.5 Å². The van der Waals surface area contributed by atoms with Gasteiger partial charge in [0.2, 0.25) is 0 Å². The van der Waals surface area contributed by atoms with Crippen molar-refractivity contribution in [1.82, 2.24) is 20.3 Å². The minimum Gasteiger partial charge on any atom is -0.433 e. The van der Waals surface area contributed by atoms with Gasteiger partial charge in [-0.3, -0.25) is 0 Å². The van der Waals surface area contributed by atoms with E-state index in [4.69, 9.17) is 11.6 Å². The number of anilines is 3. The quantitative estimate of drug-likeness (QED) is 0.631. The average molecular weight is 437 g/mol. The van der Waals surface area contributed by atoms with Crippen LogP contribution in [0.3, 0.4) is 0 Å². The van der Waals surface area contributed by atoms with E-state index in [1.807, 2.05) is 6.07 Å². The highest BCUT2D eigenvalue weighted by molar-refractivity contribution is 6.32. The van der Waals surface area contributed by atoms with Gasteiger partial charge in [0.25, 0.3) is 0 Å². The van der Waals surface area contributed by atoms with Crippen molar-refractivity contribution in [1.29, 1.82) is 0 Å². The summed E-state index contributed by atoms with van der Waals surface area (Å²) in [6.45, 7) is -1.32. The van der Waals surface area contributed by atoms with Crippen molar-refractivity contribution < 1.29 is 17.9 Å². The first-order valence-electron chi connectivity index (χ1n) is 9.30. The van der Waals surface area contributed by atoms with Gasteiger partial charge in [-0.05, 0) is 24.6 Å². The Hall–Kier alpha value is -2.85. The van der Waals surface area contributed by atoms with Gasteiger partial charge in [-0.15, -0.1) is 0 Å². The molecule has 0 aliphatic carbocycles. The first-order chi connectivity index (χ1) is 14.5. The van der Waals surface area contributed by atoms with E-state index in [1.165, 1.54) is 18.5 Å². The number of nitrogens with one attached hydrogen (secondary N) is 2. The number of aromatic nitrogens is 3. The van der Waals surface area contributed by atoms with Gasteiger partial charge >= 0.3 is 6.61 Å². The van der Waals surface area contributed by atoms with E-state index in [9.17, 15) is 13.2 Å². The van der Waals surface area contributed by atoms with Crippen LogP contribution in [0.15, 0.2) is 30.7 Å². The Bertz CT molecular complexity index is 1120. The highest BCUT2D eigenvalue weighted by Gasteiger charge is 2.38. The fraction of sp³-hybridized carbons (Fsp3) is 0.316. The molecule has 2 bridgehead atoms. The lowest BCUT2D eigenvalue weighted by molar-refractivity contribution is -0.0499. The van der Waals surface area contributed by atoms with Crippen LogP contribution in [-0.2, 0) is 0 Å². The maximum atomic E-state index is 14.6. The molecule has 2 atom stereocenters. The monoisotopic (exact) mass is 436 g/mol. The molecule has 2 saturated heterocycles. The van der Waals surface area contributed by atoms with Crippen LogP contribution in [0.5, 0.6) is 5.75 Å². The van der Waals surface area contributed by atoms with E-state index in [0.29, 0.717) is 28.8 Å². The molecule has 1 aromatic carbocycles. The Balaban J connectivity index is 1.49. The number of halogens is 4. The fourth-order valence-corrected chi connectivity index (χ4v) is 4.20. The molecule has 2 aromatic heterocycles. The molecule has 0 unspecified atom stereocenters. The van der Waals surface area contributed by atoms with Crippen molar-refractivity contribution >= 4 is 39.8 Å². The van der Waals surface area contributed by atoms with Crippen molar-refractivity contribution in [2.24, 2.45) is 0 Å². The number of alkyl halides is 2. The van der Waals surface area contributed by atoms with E-state index in [2.05, 4.69) is 35.2 Å². The van der Waals surface area contributed by atoms with E-state index in [-0.39, 0.29) is 5.69 Å². The number of hydrogen-bond acceptors (Lipinski definition) is 7. The summed E-state index contributed by atoms with van der Waals surface area (Å²) in [5.74, 6) is -0.206. The highest BCUT2D eigenvalue weighted by Crippen LogP contribution is 2.36. The van der Waals surface area contributed by atoms with Crippen LogP contribution in [0, 0.1) is 5.82 Å². The van der Waals surface area contributed by atoms with Crippen molar-refractivity contribution in [2.75, 3.05) is 23.3 Å². The molecule has 0 amide bonds. The number of nitrogens with zero attached hydrogens (tertiary/aromatic N) is 4. The van der Waals surface area contributed by atoms with Gasteiger partial charge in [-0.25, -0.2) is 19.3 Å². The topological polar surface area (TPSA) is 75.2 Å². The molecule has 2 fully saturated rings. The number of pyridine rings is 1. The minimum atomic E-state index is -3.10. The van der Waals surface area contributed by atoms with Gasteiger partial charge in [0.1, 0.15) is 28.7 Å². The van der Waals surface area contributed by atoms with Crippen LogP contribution < -0.4 is 20.3 Å². The summed E-state index contributed by atoms with van der Waals surface area (Å²) >= 11 is 5.85. The number of rotatable bonds is 5. The van der Waals surface area contributed by atoms with Crippen LogP contribution >= 0.6 is 11.6 Å². The normalized spacial score (nSPS) is 20.4. The molecular weight excluding hydrogens is 421 g/mol. The molecule has 3 aromatic rings. The van der Waals surface area contributed by atoms with Crippen molar-refractivity contribution in [3.8, 4) is 5.75 Å². The third-order valence-corrected chi connectivity index (χ3v) is 5.73. The summed E-state index contributed by atoms with van der Waals surface area (Å²) in [6, 6.07) is 5.15. The van der Waals surface area contributed by atoms with Gasteiger partial charge in [-0.2, -0.15) is 8.78 Å². The lowest BCUT2D eigenvalue weighted by atomic mass is 10.2. The minimum absolute atomic E-state index is 0.0237. The van der Waals surface area contributed by atoms with E-state index < -0.39 is 23.2 Å². The fourth-order valence-electron chi connectivity index (χ4n) is 3.99. The largest absolute Gasteiger partial charge is 0.433 e. The molecule has 0 saturated carbocycles. The third kappa shape index (κ3) is 3.35. The lowest BCUT2D eigenvalue weighted by Gasteiger charge is -2.28. The summed E-state index contributed by atoms with van der Waals surface area (Å²) in [5.41, 5.74) is 0.562. The summed E-state index contributed by atoms with van der Waals surface area (Å²) < 4.78 is 43.7. The predicted octanol–water partition coefficient (Wildman–Crippen LogP) is 3.71. The number of ether oxygens (including phenoxy) is 1. The number of piperazine rings is 1. The summed E-state index contributed by atoms with van der Waals surface area (Å²) in [5, 5.41) is 6.44. The van der Waals surface area contributed by atoms with E-state index in [0.717, 1.165) is 25.3 Å². The number of hydrogen-bond donors (Lipinski definition) is 2. The molecule has 2 aliphatic rings. The SMILES string of the molecule is Fc1c(Nc2ncnc3cnc(N4C[C@@H]5C[C@H]4CN5)cc23)ccc(OC(F)F)c1Cl. The lowest BCUT2D eigenvalue weighted by Crippen LogP contribution is -2.43. The summed E-state index contributed by atoms with van der Waals surface area (Å²) in [7, 11) is 0. The second-order valence-corrected chi connectivity index (χ2v) is 7.55. The smallest absolute Gasteiger partial charge is 0.387 e. The molecular formula is C19H16ClF3N6O. The van der Waals surface area contributed by atoms with Crippen LogP contribution in [-0.4, -0.2) is 46.7 Å². The first-order valence-corrected chi connectivity index (χ1v) is 9.68. The zero-order chi connectivity index (χ0) is 20.8. The Kier molecular flexibility index (Phi) is 4.75. The number of benzene rings is 1. The standard InChI is InChI=1S/C19H16ClF3N6O/c20-16-14(30-19(22)23)2-1-12(17(16)21)28-18-11-4-15(25-6-13(11)26-8-27-18)29-7-9-3-10(29)5-24-9/h1-2,4,6,8-10,19,24H,3,5,7H2,(H,26,27,28)/t9-,10-/m0/s1. The first kappa shape index (κ1) is 19.1. The molecule has 2 aliphatic heterocycles. The maximum Gasteiger partial charge on any atom is 0.387 e. The Labute approximate surface area is 174 Å². The van der Waals surface area contributed by atoms with Gasteiger partial charge < -0.3 is 20.3 Å². The second kappa shape index (κ2) is 7.44. The van der Waals surface area contributed by atoms with Crippen molar-refractivity contribution in [3.63, 3.8) is 0 Å². The third-order valence-electron chi connectivity index (χ3n) is 5.37. The zero-order valence-corrected chi connectivity index (χ0v) is 16.2. The van der Waals surface area contributed by atoms with Gasteiger partial charge in [0.15, 0.2) is 5.82 Å². The van der Waals surface area contributed by atoms with E-state index >= 15 is 0 Å². The maximum absolute atomic E-state index is 14.6. The average Bonchev–Trinajstić information content (AvgIpc) is 3.37. The van der Waals surface area contributed by atoms with Crippen molar-refractivity contribution in [3.05, 3.63) is 41.6 Å². The number of fused-ring (bicyclic) bond motifs is 3. The van der Waals surface area contributed by atoms with Crippen molar-refractivity contribution in [2.45, 2.75) is 25.1 Å². The molecule has 2 N–H and O–H groups in total. The zero-order valence-electron chi connectivity index (χ0n) is 15.4. The molecule has 0 radical (unpaired) electrons. The molecule has 11 heteroatoms. The van der Waals surface area contributed by atoms with Crippen LogP contribution in [0.2, 0.25) is 5.02 Å².